The van der Waals surface area contributed by atoms with Crippen molar-refractivity contribution in [3.05, 3.63) is 30.3 Å². The van der Waals surface area contributed by atoms with Crippen molar-refractivity contribution in [3.8, 4) is 0 Å². The van der Waals surface area contributed by atoms with Crippen LogP contribution in [0.15, 0.2) is 30.3 Å². The molecule has 5 heteroatoms. The molecule has 5 nitrogen and oxygen atoms in total. The maximum Gasteiger partial charge on any atom is 0.238 e. The second kappa shape index (κ2) is 9.72. The number of nitrogens with zero attached hydrogens (tertiary/aromatic N) is 2. The molecule has 142 valence electrons. The molecule has 1 aromatic rings. The van der Waals surface area contributed by atoms with E-state index in [1.54, 1.807) is 0 Å². The summed E-state index contributed by atoms with van der Waals surface area (Å²) in [4.78, 5) is 28.7. The lowest BCUT2D eigenvalue weighted by atomic mass is 9.86. The Morgan fingerprint density at radius 2 is 1.65 bits per heavy atom. The van der Waals surface area contributed by atoms with Gasteiger partial charge in [0.1, 0.15) is 0 Å². The molecule has 1 N–H and O–H groups in total. The molecule has 2 aliphatic rings. The lowest BCUT2D eigenvalue weighted by molar-refractivity contribution is -0.133. The molecule has 0 bridgehead atoms. The fourth-order valence-electron chi connectivity index (χ4n) is 4.04. The van der Waals surface area contributed by atoms with Gasteiger partial charge in [-0.2, -0.15) is 0 Å². The molecule has 3 rings (SSSR count). The minimum Gasteiger partial charge on any atom is -0.340 e. The molecule has 0 spiro atoms. The number of rotatable bonds is 6. The van der Waals surface area contributed by atoms with E-state index < -0.39 is 0 Å². The van der Waals surface area contributed by atoms with Gasteiger partial charge in [-0.25, -0.2) is 0 Å². The van der Waals surface area contributed by atoms with Crippen LogP contribution in [0.1, 0.15) is 44.9 Å². The number of hydrogen-bond donors (Lipinski definition) is 1. The summed E-state index contributed by atoms with van der Waals surface area (Å²) in [6, 6.07) is 9.53. The van der Waals surface area contributed by atoms with Gasteiger partial charge >= 0.3 is 0 Å². The predicted molar refractivity (Wildman–Crippen MR) is 104 cm³/mol. The van der Waals surface area contributed by atoms with Crippen molar-refractivity contribution < 1.29 is 9.59 Å². The smallest absolute Gasteiger partial charge is 0.238 e. The number of amides is 2. The second-order valence-electron chi connectivity index (χ2n) is 7.61. The predicted octanol–water partition coefficient (Wildman–Crippen LogP) is 3.13. The fourth-order valence-corrected chi connectivity index (χ4v) is 4.04. The molecule has 1 aromatic carbocycles. The summed E-state index contributed by atoms with van der Waals surface area (Å²) in [5, 5.41) is 2.92. The molecule has 0 unspecified atom stereocenters. The SMILES string of the molecule is O=C(CN1CCN(C(=O)CCC2CCCCC2)CC1)Nc1ccccc1. The first-order valence-corrected chi connectivity index (χ1v) is 10.1. The number of hydrogen-bond acceptors (Lipinski definition) is 3. The van der Waals surface area contributed by atoms with E-state index in [2.05, 4.69) is 10.2 Å². The first kappa shape index (κ1) is 18.9. The Bertz CT molecular complexity index is 576. The van der Waals surface area contributed by atoms with Crippen molar-refractivity contribution in [3.63, 3.8) is 0 Å². The summed E-state index contributed by atoms with van der Waals surface area (Å²) in [7, 11) is 0. The van der Waals surface area contributed by atoms with E-state index in [4.69, 9.17) is 0 Å². The van der Waals surface area contributed by atoms with Crippen molar-refractivity contribution in [1.29, 1.82) is 0 Å². The van der Waals surface area contributed by atoms with Gasteiger partial charge in [0.25, 0.3) is 0 Å². The molecule has 1 saturated carbocycles. The van der Waals surface area contributed by atoms with Crippen LogP contribution in [0.2, 0.25) is 0 Å². The Hall–Kier alpha value is -1.88. The van der Waals surface area contributed by atoms with Gasteiger partial charge in [-0.15, -0.1) is 0 Å². The molecular weight excluding hydrogens is 326 g/mol. The van der Waals surface area contributed by atoms with Gasteiger partial charge in [0.2, 0.25) is 11.8 Å². The van der Waals surface area contributed by atoms with E-state index in [9.17, 15) is 9.59 Å². The molecule has 1 saturated heterocycles. The van der Waals surface area contributed by atoms with E-state index in [1.807, 2.05) is 35.2 Å². The van der Waals surface area contributed by atoms with Crippen LogP contribution in [-0.2, 0) is 9.59 Å². The highest BCUT2D eigenvalue weighted by Crippen LogP contribution is 2.27. The van der Waals surface area contributed by atoms with Crippen molar-refractivity contribution in [2.45, 2.75) is 44.9 Å². The van der Waals surface area contributed by atoms with E-state index in [-0.39, 0.29) is 5.91 Å². The van der Waals surface area contributed by atoms with Crippen molar-refractivity contribution >= 4 is 17.5 Å². The van der Waals surface area contributed by atoms with Gasteiger partial charge in [0.05, 0.1) is 6.54 Å². The van der Waals surface area contributed by atoms with Crippen molar-refractivity contribution in [2.24, 2.45) is 5.92 Å². The molecule has 1 aliphatic carbocycles. The molecule has 1 aliphatic heterocycles. The summed E-state index contributed by atoms with van der Waals surface area (Å²) in [5.41, 5.74) is 0.828. The summed E-state index contributed by atoms with van der Waals surface area (Å²) in [5.74, 6) is 1.06. The van der Waals surface area contributed by atoms with Gasteiger partial charge in [0, 0.05) is 38.3 Å². The summed E-state index contributed by atoms with van der Waals surface area (Å²) >= 11 is 0. The Balaban J connectivity index is 1.34. The molecule has 0 atom stereocenters. The van der Waals surface area contributed by atoms with E-state index in [1.165, 1.54) is 32.1 Å². The van der Waals surface area contributed by atoms with Crippen molar-refractivity contribution in [2.75, 3.05) is 38.0 Å². The molecule has 2 amide bonds. The largest absolute Gasteiger partial charge is 0.340 e. The third-order valence-corrected chi connectivity index (χ3v) is 5.64. The van der Waals surface area contributed by atoms with E-state index in [0.717, 1.165) is 44.2 Å². The number of piperazine rings is 1. The molecule has 2 fully saturated rings. The number of nitrogens with one attached hydrogen (secondary N) is 1. The number of carbonyl (C=O) groups excluding carboxylic acids is 2. The van der Waals surface area contributed by atoms with Gasteiger partial charge in [0.15, 0.2) is 0 Å². The minimum atomic E-state index is 0.00766. The summed E-state index contributed by atoms with van der Waals surface area (Å²) < 4.78 is 0. The molecule has 0 aromatic heterocycles. The quantitative estimate of drug-likeness (QED) is 0.851. The molecule has 1 heterocycles. The average molecular weight is 357 g/mol. The Kier molecular flexibility index (Phi) is 7.06. The van der Waals surface area contributed by atoms with Crippen LogP contribution in [-0.4, -0.2) is 54.3 Å². The third kappa shape index (κ3) is 5.84. The Morgan fingerprint density at radius 3 is 2.35 bits per heavy atom. The van der Waals surface area contributed by atoms with Crippen molar-refractivity contribution in [1.82, 2.24) is 9.80 Å². The maximum atomic E-state index is 12.4. The van der Waals surface area contributed by atoms with Crippen LogP contribution in [0, 0.1) is 5.92 Å². The Morgan fingerprint density at radius 1 is 0.962 bits per heavy atom. The van der Waals surface area contributed by atoms with Crippen LogP contribution in [0.5, 0.6) is 0 Å². The number of anilines is 1. The Labute approximate surface area is 156 Å². The highest BCUT2D eigenvalue weighted by atomic mass is 16.2. The van der Waals surface area contributed by atoms with Gasteiger partial charge < -0.3 is 10.2 Å². The lowest BCUT2D eigenvalue weighted by Gasteiger charge is -2.34. The van der Waals surface area contributed by atoms with Gasteiger partial charge in [-0.1, -0.05) is 50.3 Å². The van der Waals surface area contributed by atoms with Gasteiger partial charge in [-0.3, -0.25) is 14.5 Å². The lowest BCUT2D eigenvalue weighted by Crippen LogP contribution is -2.50. The van der Waals surface area contributed by atoms with Crippen LogP contribution < -0.4 is 5.32 Å². The van der Waals surface area contributed by atoms with Crippen LogP contribution in [0.25, 0.3) is 0 Å². The molecule has 0 radical (unpaired) electrons. The first-order valence-electron chi connectivity index (χ1n) is 10.1. The number of carbonyl (C=O) groups is 2. The number of para-hydroxylation sites is 1. The molecule has 26 heavy (non-hydrogen) atoms. The van der Waals surface area contributed by atoms with E-state index >= 15 is 0 Å². The van der Waals surface area contributed by atoms with E-state index in [0.29, 0.717) is 18.9 Å². The second-order valence-corrected chi connectivity index (χ2v) is 7.61. The summed E-state index contributed by atoms with van der Waals surface area (Å²) in [6.07, 6.45) is 8.39. The standard InChI is InChI=1S/C21H31N3O2/c25-20(22-19-9-5-2-6-10-19)17-23-13-15-24(16-14-23)21(26)12-11-18-7-3-1-4-8-18/h2,5-6,9-10,18H,1,3-4,7-8,11-17H2,(H,22,25). The zero-order valence-corrected chi connectivity index (χ0v) is 15.7. The van der Waals surface area contributed by atoms with Crippen LogP contribution in [0.3, 0.4) is 0 Å². The highest BCUT2D eigenvalue weighted by Gasteiger charge is 2.23. The third-order valence-electron chi connectivity index (χ3n) is 5.64. The zero-order valence-electron chi connectivity index (χ0n) is 15.7. The average Bonchev–Trinajstić information content (AvgIpc) is 2.68. The summed E-state index contributed by atoms with van der Waals surface area (Å²) in [6.45, 7) is 3.41. The highest BCUT2D eigenvalue weighted by molar-refractivity contribution is 5.92. The maximum absolute atomic E-state index is 12.4. The minimum absolute atomic E-state index is 0.00766. The first-order chi connectivity index (χ1) is 12.7. The van der Waals surface area contributed by atoms with Crippen LogP contribution >= 0.6 is 0 Å². The fraction of sp³-hybridized carbons (Fsp3) is 0.619. The zero-order chi connectivity index (χ0) is 18.2. The number of benzene rings is 1. The monoisotopic (exact) mass is 357 g/mol. The van der Waals surface area contributed by atoms with Gasteiger partial charge in [-0.05, 0) is 24.5 Å². The van der Waals surface area contributed by atoms with Crippen LogP contribution in [0.4, 0.5) is 5.69 Å². The normalized spacial score (nSPS) is 19.3. The molecular formula is C21H31N3O2. The topological polar surface area (TPSA) is 52.7 Å².